The molecule has 0 fully saturated rings. The van der Waals surface area contributed by atoms with Crippen LogP contribution in [0.15, 0.2) is 41.4 Å². The number of guanidine groups is 1. The van der Waals surface area contributed by atoms with Crippen LogP contribution in [0, 0.1) is 0 Å². The number of hydrogen-bond acceptors (Lipinski definition) is 6. The van der Waals surface area contributed by atoms with Crippen LogP contribution in [0.3, 0.4) is 0 Å². The van der Waals surface area contributed by atoms with Crippen LogP contribution in [0.1, 0.15) is 22.3 Å². The summed E-state index contributed by atoms with van der Waals surface area (Å²) in [7, 11) is 2.88. The van der Waals surface area contributed by atoms with Gasteiger partial charge in [0, 0.05) is 18.1 Å². The standard InChI is InChI=1S/C21H25N5O6/c1-31-15-9-12(6-7-18(28)29)19(16(10-15)32-2)26-17(27)11-24-20(30)13-4-3-5-14(8-13)25-21(22)23/h3-5,8-10H,6-7,11H2,1-2H3,(H,24,30)(H,26,27)(H,28,29)(H4,22,23,25). The average molecular weight is 443 g/mol. The van der Waals surface area contributed by atoms with Crippen molar-refractivity contribution in [3.8, 4) is 11.5 Å². The summed E-state index contributed by atoms with van der Waals surface area (Å²) in [6, 6.07) is 9.44. The number of nitrogens with zero attached hydrogens (tertiary/aromatic N) is 1. The highest BCUT2D eigenvalue weighted by atomic mass is 16.5. The second-order valence-electron chi connectivity index (χ2n) is 6.58. The average Bonchev–Trinajstić information content (AvgIpc) is 2.76. The van der Waals surface area contributed by atoms with E-state index in [1.54, 1.807) is 30.3 Å². The Labute approximate surface area is 184 Å². The lowest BCUT2D eigenvalue weighted by Gasteiger charge is -2.17. The predicted octanol–water partition coefficient (Wildman–Crippen LogP) is 0.994. The lowest BCUT2D eigenvalue weighted by Crippen LogP contribution is -2.33. The molecule has 2 rings (SSSR count). The highest BCUT2D eigenvalue weighted by molar-refractivity contribution is 6.00. The molecule has 2 aromatic carbocycles. The van der Waals surface area contributed by atoms with Crippen LogP contribution in [0.2, 0.25) is 0 Å². The number of ether oxygens (including phenoxy) is 2. The molecule has 0 aliphatic rings. The van der Waals surface area contributed by atoms with Gasteiger partial charge in [-0.15, -0.1) is 0 Å². The maximum Gasteiger partial charge on any atom is 0.303 e. The number of amides is 2. The number of carbonyl (C=O) groups is 3. The van der Waals surface area contributed by atoms with Crippen LogP contribution in [-0.2, 0) is 16.0 Å². The van der Waals surface area contributed by atoms with E-state index in [0.717, 1.165) is 0 Å². The van der Waals surface area contributed by atoms with Gasteiger partial charge in [-0.1, -0.05) is 6.07 Å². The third kappa shape index (κ3) is 6.90. The molecule has 32 heavy (non-hydrogen) atoms. The summed E-state index contributed by atoms with van der Waals surface area (Å²) in [6.45, 7) is -0.334. The van der Waals surface area contributed by atoms with E-state index < -0.39 is 17.8 Å². The third-order valence-corrected chi connectivity index (χ3v) is 4.26. The van der Waals surface area contributed by atoms with Gasteiger partial charge in [-0.3, -0.25) is 14.4 Å². The molecular weight excluding hydrogens is 418 g/mol. The topological polar surface area (TPSA) is 178 Å². The van der Waals surface area contributed by atoms with Crippen molar-refractivity contribution in [3.05, 3.63) is 47.5 Å². The first-order valence-corrected chi connectivity index (χ1v) is 9.48. The van der Waals surface area contributed by atoms with Gasteiger partial charge in [0.25, 0.3) is 5.91 Å². The van der Waals surface area contributed by atoms with Crippen LogP contribution < -0.4 is 31.6 Å². The molecule has 7 N–H and O–H groups in total. The van der Waals surface area contributed by atoms with Crippen molar-refractivity contribution in [1.29, 1.82) is 0 Å². The molecule has 0 radical (unpaired) electrons. The maximum absolute atomic E-state index is 12.5. The van der Waals surface area contributed by atoms with Gasteiger partial charge in [-0.05, 0) is 36.2 Å². The van der Waals surface area contributed by atoms with Crippen molar-refractivity contribution in [2.75, 3.05) is 26.1 Å². The number of benzene rings is 2. The Morgan fingerprint density at radius 3 is 2.47 bits per heavy atom. The quantitative estimate of drug-likeness (QED) is 0.266. The van der Waals surface area contributed by atoms with E-state index in [2.05, 4.69) is 15.6 Å². The second kappa shape index (κ2) is 11.2. The number of carboxylic acids is 1. The van der Waals surface area contributed by atoms with Gasteiger partial charge in [-0.25, -0.2) is 4.99 Å². The molecule has 0 heterocycles. The summed E-state index contributed by atoms with van der Waals surface area (Å²) in [5.74, 6) is -1.41. The molecule has 0 bridgehead atoms. The summed E-state index contributed by atoms with van der Waals surface area (Å²) in [5, 5.41) is 14.2. The number of carboxylic acid groups (broad SMARTS) is 1. The number of aliphatic imine (C=N–C) groups is 1. The van der Waals surface area contributed by atoms with Gasteiger partial charge in [-0.2, -0.15) is 0 Å². The first-order valence-electron chi connectivity index (χ1n) is 9.48. The van der Waals surface area contributed by atoms with Crippen LogP contribution in [0.4, 0.5) is 11.4 Å². The van der Waals surface area contributed by atoms with E-state index in [1.807, 2.05) is 0 Å². The molecule has 0 spiro atoms. The number of nitrogens with one attached hydrogen (secondary N) is 2. The number of aliphatic carboxylic acids is 1. The van der Waals surface area contributed by atoms with E-state index in [1.165, 1.54) is 20.3 Å². The molecular formula is C21H25N5O6. The van der Waals surface area contributed by atoms with Crippen molar-refractivity contribution in [1.82, 2.24) is 5.32 Å². The van der Waals surface area contributed by atoms with E-state index >= 15 is 0 Å². The molecule has 2 aromatic rings. The summed E-state index contributed by atoms with van der Waals surface area (Å²) in [4.78, 5) is 39.7. The van der Waals surface area contributed by atoms with E-state index in [4.69, 9.17) is 26.0 Å². The van der Waals surface area contributed by atoms with Gasteiger partial charge in [0.2, 0.25) is 5.91 Å². The minimum Gasteiger partial charge on any atom is -0.497 e. The number of methoxy groups -OCH3 is 2. The number of hydrogen-bond donors (Lipinski definition) is 5. The first kappa shape index (κ1) is 24.0. The minimum absolute atomic E-state index is 0.141. The van der Waals surface area contributed by atoms with Crippen molar-refractivity contribution in [3.63, 3.8) is 0 Å². The zero-order valence-corrected chi connectivity index (χ0v) is 17.7. The van der Waals surface area contributed by atoms with Crippen LogP contribution >= 0.6 is 0 Å². The normalized spacial score (nSPS) is 10.1. The number of aryl methyl sites for hydroxylation is 1. The SMILES string of the molecule is COc1cc(CCC(=O)O)c(NC(=O)CNC(=O)c2cccc(N=C(N)N)c2)c(OC)c1. The molecule has 0 atom stereocenters. The zero-order valence-electron chi connectivity index (χ0n) is 17.7. The lowest BCUT2D eigenvalue weighted by atomic mass is 10.1. The predicted molar refractivity (Wildman–Crippen MR) is 118 cm³/mol. The molecule has 0 unspecified atom stereocenters. The largest absolute Gasteiger partial charge is 0.497 e. The fraction of sp³-hybridized carbons (Fsp3) is 0.238. The number of nitrogens with two attached hydrogens (primary N) is 2. The Balaban J connectivity index is 2.12. The molecule has 0 aliphatic carbocycles. The third-order valence-electron chi connectivity index (χ3n) is 4.26. The molecule has 0 aromatic heterocycles. The highest BCUT2D eigenvalue weighted by Crippen LogP contribution is 2.34. The lowest BCUT2D eigenvalue weighted by molar-refractivity contribution is -0.137. The molecule has 2 amide bonds. The minimum atomic E-state index is -0.987. The van der Waals surface area contributed by atoms with Gasteiger partial charge in [0.15, 0.2) is 5.96 Å². The smallest absolute Gasteiger partial charge is 0.303 e. The van der Waals surface area contributed by atoms with Crippen molar-refractivity contribution >= 4 is 35.1 Å². The molecule has 0 saturated carbocycles. The molecule has 11 nitrogen and oxygen atoms in total. The summed E-state index contributed by atoms with van der Waals surface area (Å²) < 4.78 is 10.5. The van der Waals surface area contributed by atoms with Gasteiger partial charge in [0.1, 0.15) is 11.5 Å². The Kier molecular flexibility index (Phi) is 8.40. The van der Waals surface area contributed by atoms with E-state index in [0.29, 0.717) is 28.4 Å². The monoisotopic (exact) mass is 443 g/mol. The first-order chi connectivity index (χ1) is 15.2. The van der Waals surface area contributed by atoms with Crippen molar-refractivity contribution in [2.24, 2.45) is 16.5 Å². The van der Waals surface area contributed by atoms with Gasteiger partial charge >= 0.3 is 5.97 Å². The number of carbonyl (C=O) groups excluding carboxylic acids is 2. The number of rotatable bonds is 10. The zero-order chi connectivity index (χ0) is 23.7. The van der Waals surface area contributed by atoms with E-state index in [9.17, 15) is 14.4 Å². The summed E-state index contributed by atoms with van der Waals surface area (Å²) >= 11 is 0. The Bertz CT molecular complexity index is 1030. The van der Waals surface area contributed by atoms with Crippen LogP contribution in [0.25, 0.3) is 0 Å². The van der Waals surface area contributed by atoms with Crippen LogP contribution in [-0.4, -0.2) is 49.6 Å². The second-order valence-corrected chi connectivity index (χ2v) is 6.58. The molecule has 0 saturated heterocycles. The molecule has 11 heteroatoms. The molecule has 170 valence electrons. The molecule has 0 aliphatic heterocycles. The van der Waals surface area contributed by atoms with Gasteiger partial charge in [0.05, 0.1) is 32.1 Å². The van der Waals surface area contributed by atoms with E-state index in [-0.39, 0.29) is 30.9 Å². The Morgan fingerprint density at radius 1 is 1.09 bits per heavy atom. The van der Waals surface area contributed by atoms with Crippen molar-refractivity contribution < 1.29 is 29.0 Å². The fourth-order valence-electron chi connectivity index (χ4n) is 2.82. The summed E-state index contributed by atoms with van der Waals surface area (Å²) in [6.07, 6.45) is -0.00941. The Morgan fingerprint density at radius 2 is 1.84 bits per heavy atom. The van der Waals surface area contributed by atoms with Crippen molar-refractivity contribution in [2.45, 2.75) is 12.8 Å². The maximum atomic E-state index is 12.5. The van der Waals surface area contributed by atoms with Crippen LogP contribution in [0.5, 0.6) is 11.5 Å². The number of anilines is 1. The Hall–Kier alpha value is -4.28. The fourth-order valence-corrected chi connectivity index (χ4v) is 2.82. The summed E-state index contributed by atoms with van der Waals surface area (Å²) in [5.41, 5.74) is 12.2. The highest BCUT2D eigenvalue weighted by Gasteiger charge is 2.17. The van der Waals surface area contributed by atoms with Gasteiger partial charge < -0.3 is 36.7 Å².